The summed E-state index contributed by atoms with van der Waals surface area (Å²) in [5.41, 5.74) is 1.29. The summed E-state index contributed by atoms with van der Waals surface area (Å²) >= 11 is 0. The summed E-state index contributed by atoms with van der Waals surface area (Å²) in [6.07, 6.45) is 0. The van der Waals surface area contributed by atoms with E-state index in [1.807, 2.05) is 18.2 Å². The van der Waals surface area contributed by atoms with Crippen molar-refractivity contribution in [2.24, 2.45) is 0 Å². The van der Waals surface area contributed by atoms with Gasteiger partial charge in [0.25, 0.3) is 5.91 Å². The lowest BCUT2D eigenvalue weighted by molar-refractivity contribution is -0.123. The first-order valence-electron chi connectivity index (χ1n) is 10.5. The first-order valence-corrected chi connectivity index (χ1v) is 10.5. The molecule has 3 amide bonds. The average Bonchev–Trinajstić information content (AvgIpc) is 2.86. The lowest BCUT2D eigenvalue weighted by Gasteiger charge is -2.19. The van der Waals surface area contributed by atoms with Crippen molar-refractivity contribution in [2.75, 3.05) is 25.1 Å². The molecule has 0 spiro atoms. The summed E-state index contributed by atoms with van der Waals surface area (Å²) in [5, 5.41) is 4.63. The number of nitrogens with one attached hydrogen (secondary N) is 2. The van der Waals surface area contributed by atoms with E-state index in [0.29, 0.717) is 41.7 Å². The number of ether oxygens (including phenoxy) is 4. The predicted octanol–water partition coefficient (Wildman–Crippen LogP) is 3.54. The Bertz CT molecular complexity index is 1180. The van der Waals surface area contributed by atoms with Gasteiger partial charge >= 0.3 is 12.0 Å². The molecule has 0 unspecified atom stereocenters. The molecule has 0 saturated carbocycles. The van der Waals surface area contributed by atoms with Gasteiger partial charge in [-0.25, -0.2) is 9.59 Å². The van der Waals surface area contributed by atoms with Crippen molar-refractivity contribution in [3.05, 3.63) is 83.9 Å². The van der Waals surface area contributed by atoms with Crippen LogP contribution in [0, 0.1) is 0 Å². The second kappa shape index (κ2) is 10.9. The number of benzene rings is 3. The van der Waals surface area contributed by atoms with E-state index in [-0.39, 0.29) is 12.2 Å². The Morgan fingerprint density at radius 3 is 2.41 bits per heavy atom. The van der Waals surface area contributed by atoms with E-state index in [0.717, 1.165) is 0 Å². The van der Waals surface area contributed by atoms with Crippen molar-refractivity contribution < 1.29 is 33.3 Å². The van der Waals surface area contributed by atoms with Crippen molar-refractivity contribution in [1.82, 2.24) is 5.32 Å². The molecular formula is C25H22N2O7. The lowest BCUT2D eigenvalue weighted by atomic mass is 10.1. The molecule has 3 aromatic rings. The van der Waals surface area contributed by atoms with Gasteiger partial charge in [0, 0.05) is 17.3 Å². The molecule has 174 valence electrons. The number of esters is 1. The van der Waals surface area contributed by atoms with E-state index in [2.05, 4.69) is 10.6 Å². The second-order valence-electron chi connectivity index (χ2n) is 7.20. The van der Waals surface area contributed by atoms with Crippen LogP contribution in [0.5, 0.6) is 17.2 Å². The highest BCUT2D eigenvalue weighted by atomic mass is 16.6. The molecule has 34 heavy (non-hydrogen) atoms. The minimum atomic E-state index is -0.776. The number of imide groups is 1. The van der Waals surface area contributed by atoms with Crippen LogP contribution in [0.2, 0.25) is 0 Å². The van der Waals surface area contributed by atoms with Gasteiger partial charge in [-0.3, -0.25) is 10.1 Å². The molecule has 9 nitrogen and oxygen atoms in total. The summed E-state index contributed by atoms with van der Waals surface area (Å²) in [6.45, 7) is 0.396. The van der Waals surface area contributed by atoms with Crippen LogP contribution in [-0.4, -0.2) is 37.7 Å². The molecule has 1 aliphatic rings. The Balaban J connectivity index is 1.27. The predicted molar refractivity (Wildman–Crippen MR) is 122 cm³/mol. The maximum atomic E-state index is 12.5. The summed E-state index contributed by atoms with van der Waals surface area (Å²) < 4.78 is 21.7. The Morgan fingerprint density at radius 2 is 1.59 bits per heavy atom. The zero-order chi connectivity index (χ0) is 23.8. The number of hydrogen-bond acceptors (Lipinski definition) is 7. The lowest BCUT2D eigenvalue weighted by Crippen LogP contribution is -2.37. The molecule has 0 saturated heterocycles. The van der Waals surface area contributed by atoms with Gasteiger partial charge < -0.3 is 24.3 Å². The van der Waals surface area contributed by atoms with Crippen molar-refractivity contribution in [2.45, 2.75) is 6.61 Å². The van der Waals surface area contributed by atoms with Crippen molar-refractivity contribution >= 4 is 23.6 Å². The van der Waals surface area contributed by atoms with Crippen LogP contribution in [0.1, 0.15) is 15.9 Å². The third-order valence-electron chi connectivity index (χ3n) is 4.76. The molecule has 0 atom stereocenters. The van der Waals surface area contributed by atoms with E-state index < -0.39 is 24.5 Å². The first-order chi connectivity index (χ1) is 16.6. The van der Waals surface area contributed by atoms with Crippen LogP contribution in [0.3, 0.4) is 0 Å². The van der Waals surface area contributed by atoms with Gasteiger partial charge in [0.15, 0.2) is 18.1 Å². The number of amides is 3. The number of carbonyl (C=O) groups excluding carboxylic acids is 3. The Morgan fingerprint density at radius 1 is 0.853 bits per heavy atom. The fraction of sp³-hybridized carbons (Fsp3) is 0.160. The molecule has 0 fully saturated rings. The third kappa shape index (κ3) is 6.04. The SMILES string of the molecule is O=C(COC(=O)c1ccccc1COc1ccccc1)NC(=O)Nc1ccc2c(c1)OCCO2. The molecule has 0 aromatic heterocycles. The Hall–Kier alpha value is -4.53. The van der Waals surface area contributed by atoms with Crippen LogP contribution in [0.15, 0.2) is 72.8 Å². The summed E-state index contributed by atoms with van der Waals surface area (Å²) in [7, 11) is 0. The summed E-state index contributed by atoms with van der Waals surface area (Å²) in [4.78, 5) is 36.7. The largest absolute Gasteiger partial charge is 0.489 e. The zero-order valence-electron chi connectivity index (χ0n) is 18.1. The van der Waals surface area contributed by atoms with Crippen LogP contribution < -0.4 is 24.8 Å². The quantitative estimate of drug-likeness (QED) is 0.517. The average molecular weight is 462 g/mol. The van der Waals surface area contributed by atoms with Crippen molar-refractivity contribution in [3.63, 3.8) is 0 Å². The minimum Gasteiger partial charge on any atom is -0.489 e. The van der Waals surface area contributed by atoms with E-state index in [1.165, 1.54) is 0 Å². The van der Waals surface area contributed by atoms with Crippen LogP contribution in [0.4, 0.5) is 10.5 Å². The molecule has 2 N–H and O–H groups in total. The number of urea groups is 1. The third-order valence-corrected chi connectivity index (χ3v) is 4.76. The van der Waals surface area contributed by atoms with Crippen LogP contribution in [0.25, 0.3) is 0 Å². The number of rotatable bonds is 7. The van der Waals surface area contributed by atoms with Gasteiger partial charge in [-0.15, -0.1) is 0 Å². The molecule has 1 aliphatic heterocycles. The molecular weight excluding hydrogens is 440 g/mol. The molecule has 3 aromatic carbocycles. The maximum Gasteiger partial charge on any atom is 0.339 e. The monoisotopic (exact) mass is 462 g/mol. The van der Waals surface area contributed by atoms with Gasteiger partial charge in [0.05, 0.1) is 5.56 Å². The topological polar surface area (TPSA) is 112 Å². The number of anilines is 1. The van der Waals surface area contributed by atoms with Gasteiger partial charge in [-0.1, -0.05) is 36.4 Å². The Kier molecular flexibility index (Phi) is 7.24. The van der Waals surface area contributed by atoms with Gasteiger partial charge in [-0.2, -0.15) is 0 Å². The highest BCUT2D eigenvalue weighted by molar-refractivity contribution is 6.02. The molecule has 1 heterocycles. The molecule has 9 heteroatoms. The maximum absolute atomic E-state index is 12.5. The first kappa shape index (κ1) is 22.7. The number of fused-ring (bicyclic) bond motifs is 1. The van der Waals surface area contributed by atoms with Crippen molar-refractivity contribution in [3.8, 4) is 17.2 Å². The minimum absolute atomic E-state index is 0.152. The number of hydrogen-bond donors (Lipinski definition) is 2. The van der Waals surface area contributed by atoms with Crippen LogP contribution >= 0.6 is 0 Å². The molecule has 0 aliphatic carbocycles. The smallest absolute Gasteiger partial charge is 0.339 e. The fourth-order valence-corrected chi connectivity index (χ4v) is 3.18. The standard InChI is InChI=1S/C25H22N2O7/c28-23(27-25(30)26-18-10-11-21-22(14-18)32-13-12-31-21)16-34-24(29)20-9-5-4-6-17(20)15-33-19-7-2-1-3-8-19/h1-11,14H,12-13,15-16H2,(H2,26,27,28,30). The van der Waals surface area contributed by atoms with Crippen molar-refractivity contribution in [1.29, 1.82) is 0 Å². The van der Waals surface area contributed by atoms with Gasteiger partial charge in [-0.05, 0) is 30.3 Å². The number of para-hydroxylation sites is 1. The normalized spacial score (nSPS) is 11.8. The van der Waals surface area contributed by atoms with Gasteiger partial charge in [0.1, 0.15) is 25.6 Å². The summed E-state index contributed by atoms with van der Waals surface area (Å²) in [6, 6.07) is 20.1. The van der Waals surface area contributed by atoms with Gasteiger partial charge in [0.2, 0.25) is 0 Å². The molecule has 0 radical (unpaired) electrons. The van der Waals surface area contributed by atoms with E-state index in [9.17, 15) is 14.4 Å². The van der Waals surface area contributed by atoms with E-state index in [4.69, 9.17) is 18.9 Å². The Labute approximate surface area is 195 Å². The fourth-order valence-electron chi connectivity index (χ4n) is 3.18. The highest BCUT2D eigenvalue weighted by Gasteiger charge is 2.17. The molecule has 4 rings (SSSR count). The van der Waals surface area contributed by atoms with E-state index in [1.54, 1.807) is 54.6 Å². The highest BCUT2D eigenvalue weighted by Crippen LogP contribution is 2.32. The zero-order valence-corrected chi connectivity index (χ0v) is 18.1. The number of carbonyl (C=O) groups is 3. The van der Waals surface area contributed by atoms with Crippen LogP contribution in [-0.2, 0) is 16.1 Å². The molecule has 0 bridgehead atoms. The van der Waals surface area contributed by atoms with E-state index >= 15 is 0 Å². The second-order valence-corrected chi connectivity index (χ2v) is 7.20. The summed E-state index contributed by atoms with van der Waals surface area (Å²) in [5.74, 6) is 0.263.